The third-order valence-electron chi connectivity index (χ3n) is 2.43. The molecule has 0 saturated heterocycles. The summed E-state index contributed by atoms with van der Waals surface area (Å²) in [6.45, 7) is 0.584. The second kappa shape index (κ2) is 6.43. The Morgan fingerprint density at radius 2 is 1.61 bits per heavy atom. The summed E-state index contributed by atoms with van der Waals surface area (Å²) in [5.41, 5.74) is 4.83. The highest BCUT2D eigenvalue weighted by atomic mass is 35.5. The number of nitrogens with one attached hydrogen (secondary N) is 1. The lowest BCUT2D eigenvalue weighted by molar-refractivity contribution is 0.748. The van der Waals surface area contributed by atoms with Crippen LogP contribution in [0.1, 0.15) is 11.1 Å². The maximum Gasteiger partial charge on any atom is 0.0594 e. The monoisotopic (exact) mass is 278 g/mol. The Balaban J connectivity index is 1.93. The van der Waals surface area contributed by atoms with Crippen molar-refractivity contribution in [1.29, 1.82) is 0 Å². The summed E-state index contributed by atoms with van der Waals surface area (Å²) < 4.78 is 0. The van der Waals surface area contributed by atoms with Crippen molar-refractivity contribution in [3.8, 4) is 0 Å². The summed E-state index contributed by atoms with van der Waals surface area (Å²) in [6.07, 6.45) is 1.69. The summed E-state index contributed by atoms with van der Waals surface area (Å²) in [7, 11) is 0. The first kappa shape index (κ1) is 12.9. The van der Waals surface area contributed by atoms with Crippen LogP contribution in [0.2, 0.25) is 10.0 Å². The molecular weight excluding hydrogens is 267 g/mol. The van der Waals surface area contributed by atoms with Crippen molar-refractivity contribution in [3.05, 3.63) is 69.7 Å². The van der Waals surface area contributed by atoms with Gasteiger partial charge in [-0.05, 0) is 17.7 Å². The number of nitrogens with zero attached hydrogens (tertiary/aromatic N) is 1. The average molecular weight is 279 g/mol. The van der Waals surface area contributed by atoms with Gasteiger partial charge in [-0.2, -0.15) is 5.10 Å². The van der Waals surface area contributed by atoms with Crippen LogP contribution < -0.4 is 5.43 Å². The number of halogens is 2. The molecule has 0 saturated carbocycles. The Labute approximate surface area is 116 Å². The lowest BCUT2D eigenvalue weighted by atomic mass is 10.2. The van der Waals surface area contributed by atoms with Gasteiger partial charge in [-0.1, -0.05) is 59.6 Å². The molecule has 0 aliphatic rings. The van der Waals surface area contributed by atoms with Gasteiger partial charge < -0.3 is 5.43 Å². The molecule has 0 aromatic heterocycles. The Kier molecular flexibility index (Phi) is 4.62. The van der Waals surface area contributed by atoms with Crippen LogP contribution in [0.4, 0.5) is 0 Å². The SMILES string of the molecule is Clc1ccccc1/C=N\NCc1ccccc1Cl. The van der Waals surface area contributed by atoms with E-state index in [1.54, 1.807) is 6.21 Å². The van der Waals surface area contributed by atoms with Gasteiger partial charge >= 0.3 is 0 Å². The van der Waals surface area contributed by atoms with E-state index in [0.29, 0.717) is 11.6 Å². The summed E-state index contributed by atoms with van der Waals surface area (Å²) >= 11 is 12.0. The van der Waals surface area contributed by atoms with Gasteiger partial charge in [-0.15, -0.1) is 0 Å². The fraction of sp³-hybridized carbons (Fsp3) is 0.0714. The molecule has 0 atom stereocenters. The molecule has 2 rings (SSSR count). The molecule has 18 heavy (non-hydrogen) atoms. The minimum Gasteiger partial charge on any atom is -0.306 e. The van der Waals surface area contributed by atoms with E-state index in [0.717, 1.165) is 16.1 Å². The van der Waals surface area contributed by atoms with Gasteiger partial charge in [-0.25, -0.2) is 0 Å². The standard InChI is InChI=1S/C14H12Cl2N2/c15-13-7-3-1-5-11(13)9-17-18-10-12-6-2-4-8-14(12)16/h1-9,18H,10H2/b17-9-. The molecule has 0 bridgehead atoms. The minimum absolute atomic E-state index is 0.584. The zero-order chi connectivity index (χ0) is 12.8. The molecule has 0 fully saturated rings. The first-order valence-electron chi connectivity index (χ1n) is 5.51. The van der Waals surface area contributed by atoms with Gasteiger partial charge in [-0.3, -0.25) is 0 Å². The van der Waals surface area contributed by atoms with Crippen molar-refractivity contribution in [2.75, 3.05) is 0 Å². The lowest BCUT2D eigenvalue weighted by Gasteiger charge is -2.03. The predicted molar refractivity (Wildman–Crippen MR) is 77.3 cm³/mol. The van der Waals surface area contributed by atoms with Crippen molar-refractivity contribution >= 4 is 29.4 Å². The number of benzene rings is 2. The fourth-order valence-corrected chi connectivity index (χ4v) is 1.85. The summed E-state index contributed by atoms with van der Waals surface area (Å²) in [4.78, 5) is 0. The minimum atomic E-state index is 0.584. The zero-order valence-electron chi connectivity index (χ0n) is 9.61. The predicted octanol–water partition coefficient (Wildman–Crippen LogP) is 4.12. The molecular formula is C14H12Cl2N2. The van der Waals surface area contributed by atoms with Crippen molar-refractivity contribution < 1.29 is 0 Å². The van der Waals surface area contributed by atoms with Gasteiger partial charge in [0, 0.05) is 15.6 Å². The zero-order valence-corrected chi connectivity index (χ0v) is 11.1. The van der Waals surface area contributed by atoms with Gasteiger partial charge in [0.05, 0.1) is 12.8 Å². The molecule has 1 N–H and O–H groups in total. The quantitative estimate of drug-likeness (QED) is 0.660. The van der Waals surface area contributed by atoms with Crippen LogP contribution in [-0.4, -0.2) is 6.21 Å². The van der Waals surface area contributed by atoms with Crippen LogP contribution in [0.15, 0.2) is 53.6 Å². The van der Waals surface area contributed by atoms with Crippen molar-refractivity contribution in [2.45, 2.75) is 6.54 Å². The molecule has 0 aliphatic heterocycles. The van der Waals surface area contributed by atoms with E-state index in [9.17, 15) is 0 Å². The van der Waals surface area contributed by atoms with Gasteiger partial charge in [0.2, 0.25) is 0 Å². The fourth-order valence-electron chi connectivity index (χ4n) is 1.47. The molecule has 0 unspecified atom stereocenters. The van der Waals surface area contributed by atoms with Crippen molar-refractivity contribution in [3.63, 3.8) is 0 Å². The third-order valence-corrected chi connectivity index (χ3v) is 3.14. The number of rotatable bonds is 4. The smallest absolute Gasteiger partial charge is 0.0594 e. The van der Waals surface area contributed by atoms with Crippen LogP contribution in [0.3, 0.4) is 0 Å². The van der Waals surface area contributed by atoms with Crippen molar-refractivity contribution in [1.82, 2.24) is 5.43 Å². The van der Waals surface area contributed by atoms with Gasteiger partial charge in [0.1, 0.15) is 0 Å². The molecule has 2 nitrogen and oxygen atoms in total. The Hall–Kier alpha value is -1.51. The van der Waals surface area contributed by atoms with E-state index >= 15 is 0 Å². The van der Waals surface area contributed by atoms with E-state index < -0.39 is 0 Å². The van der Waals surface area contributed by atoms with Gasteiger partial charge in [0.25, 0.3) is 0 Å². The average Bonchev–Trinajstić information content (AvgIpc) is 2.38. The van der Waals surface area contributed by atoms with E-state index in [4.69, 9.17) is 23.2 Å². The van der Waals surface area contributed by atoms with Gasteiger partial charge in [0.15, 0.2) is 0 Å². The molecule has 0 radical (unpaired) electrons. The lowest BCUT2D eigenvalue weighted by Crippen LogP contribution is -2.05. The second-order valence-electron chi connectivity index (χ2n) is 3.71. The summed E-state index contributed by atoms with van der Waals surface area (Å²) in [6, 6.07) is 15.2. The highest BCUT2D eigenvalue weighted by Gasteiger charge is 1.97. The first-order chi connectivity index (χ1) is 8.77. The maximum absolute atomic E-state index is 6.03. The Morgan fingerprint density at radius 3 is 2.33 bits per heavy atom. The van der Waals surface area contributed by atoms with Crippen LogP contribution in [0, 0.1) is 0 Å². The highest BCUT2D eigenvalue weighted by molar-refractivity contribution is 6.33. The third kappa shape index (κ3) is 3.49. The summed E-state index contributed by atoms with van der Waals surface area (Å²) in [5.74, 6) is 0. The number of hydrogen-bond acceptors (Lipinski definition) is 2. The number of hydrogen-bond donors (Lipinski definition) is 1. The van der Waals surface area contributed by atoms with Crippen LogP contribution in [-0.2, 0) is 6.54 Å². The normalized spacial score (nSPS) is 10.8. The maximum atomic E-state index is 6.03. The molecule has 0 aliphatic carbocycles. The first-order valence-corrected chi connectivity index (χ1v) is 6.27. The van der Waals surface area contributed by atoms with E-state index in [2.05, 4.69) is 10.5 Å². The largest absolute Gasteiger partial charge is 0.306 e. The molecule has 2 aromatic rings. The molecule has 0 spiro atoms. The number of hydrazone groups is 1. The molecule has 0 amide bonds. The van der Waals surface area contributed by atoms with Crippen LogP contribution in [0.5, 0.6) is 0 Å². The summed E-state index contributed by atoms with van der Waals surface area (Å²) in [5, 5.41) is 5.54. The molecule has 92 valence electrons. The van der Waals surface area contributed by atoms with E-state index in [1.165, 1.54) is 0 Å². The highest BCUT2D eigenvalue weighted by Crippen LogP contribution is 2.14. The second-order valence-corrected chi connectivity index (χ2v) is 4.52. The Morgan fingerprint density at radius 1 is 0.944 bits per heavy atom. The van der Waals surface area contributed by atoms with E-state index in [1.807, 2.05) is 48.5 Å². The van der Waals surface area contributed by atoms with Crippen LogP contribution >= 0.6 is 23.2 Å². The van der Waals surface area contributed by atoms with Crippen LogP contribution in [0.25, 0.3) is 0 Å². The molecule has 2 aromatic carbocycles. The van der Waals surface area contributed by atoms with E-state index in [-0.39, 0.29) is 0 Å². The molecule has 4 heteroatoms. The topological polar surface area (TPSA) is 24.4 Å². The Bertz CT molecular complexity index is 553. The van der Waals surface area contributed by atoms with Crippen molar-refractivity contribution in [2.24, 2.45) is 5.10 Å². The molecule has 0 heterocycles.